The third kappa shape index (κ3) is 8.22. The lowest BCUT2D eigenvalue weighted by molar-refractivity contribution is -0.149. The number of ether oxygens (including phenoxy) is 1. The van der Waals surface area contributed by atoms with E-state index in [0.29, 0.717) is 6.42 Å². The van der Waals surface area contributed by atoms with E-state index < -0.39 is 0 Å². The standard InChI is InChI=1S/C13H24O2/c1-4-7-8-9-10-11-12(5-2)15-13(14)6-3/h4,7,12H,5-6,8-11H2,1-3H3/b7-4+. The van der Waals surface area contributed by atoms with Crippen LogP contribution in [0.1, 0.15) is 59.3 Å². The largest absolute Gasteiger partial charge is 0.462 e. The molecule has 0 heterocycles. The van der Waals surface area contributed by atoms with Crippen molar-refractivity contribution >= 4 is 5.97 Å². The Morgan fingerprint density at radius 2 is 2.07 bits per heavy atom. The van der Waals surface area contributed by atoms with Crippen molar-refractivity contribution in [2.24, 2.45) is 0 Å². The van der Waals surface area contributed by atoms with Gasteiger partial charge in [0.2, 0.25) is 0 Å². The maximum Gasteiger partial charge on any atom is 0.305 e. The monoisotopic (exact) mass is 212 g/mol. The average molecular weight is 212 g/mol. The summed E-state index contributed by atoms with van der Waals surface area (Å²) >= 11 is 0. The summed E-state index contributed by atoms with van der Waals surface area (Å²) in [5.41, 5.74) is 0. The van der Waals surface area contributed by atoms with Gasteiger partial charge in [0.25, 0.3) is 0 Å². The zero-order valence-electron chi connectivity index (χ0n) is 10.3. The molecule has 2 nitrogen and oxygen atoms in total. The van der Waals surface area contributed by atoms with Crippen LogP contribution in [-0.2, 0) is 9.53 Å². The number of hydrogen-bond donors (Lipinski definition) is 0. The van der Waals surface area contributed by atoms with Gasteiger partial charge in [0.1, 0.15) is 6.10 Å². The van der Waals surface area contributed by atoms with Crippen LogP contribution in [-0.4, -0.2) is 12.1 Å². The summed E-state index contributed by atoms with van der Waals surface area (Å²) in [6, 6.07) is 0. The molecule has 0 saturated heterocycles. The molecule has 0 bridgehead atoms. The molecule has 88 valence electrons. The molecule has 0 rings (SSSR count). The van der Waals surface area contributed by atoms with Crippen molar-refractivity contribution in [2.45, 2.75) is 65.4 Å². The van der Waals surface area contributed by atoms with Crippen LogP contribution in [0.15, 0.2) is 12.2 Å². The van der Waals surface area contributed by atoms with Gasteiger partial charge in [0.05, 0.1) is 0 Å². The molecule has 0 aliphatic rings. The second-order valence-electron chi connectivity index (χ2n) is 3.73. The van der Waals surface area contributed by atoms with Crippen molar-refractivity contribution in [3.05, 3.63) is 12.2 Å². The van der Waals surface area contributed by atoms with E-state index in [1.807, 2.05) is 13.8 Å². The first-order chi connectivity index (χ1) is 7.24. The lowest BCUT2D eigenvalue weighted by Crippen LogP contribution is -2.16. The highest BCUT2D eigenvalue weighted by Crippen LogP contribution is 2.11. The van der Waals surface area contributed by atoms with Crippen LogP contribution in [0.4, 0.5) is 0 Å². The van der Waals surface area contributed by atoms with Crippen molar-refractivity contribution in [1.82, 2.24) is 0 Å². The van der Waals surface area contributed by atoms with Crippen molar-refractivity contribution in [3.63, 3.8) is 0 Å². The molecule has 0 aliphatic carbocycles. The Hall–Kier alpha value is -0.790. The minimum Gasteiger partial charge on any atom is -0.462 e. The Kier molecular flexibility index (Phi) is 9.24. The fraction of sp³-hybridized carbons (Fsp3) is 0.769. The molecule has 0 spiro atoms. The van der Waals surface area contributed by atoms with Crippen LogP contribution in [0.5, 0.6) is 0 Å². The summed E-state index contributed by atoms with van der Waals surface area (Å²) in [6.07, 6.45) is 10.2. The number of carbonyl (C=O) groups is 1. The highest BCUT2D eigenvalue weighted by atomic mass is 16.5. The molecule has 0 aromatic carbocycles. The van der Waals surface area contributed by atoms with Gasteiger partial charge in [-0.05, 0) is 39.0 Å². The lowest BCUT2D eigenvalue weighted by atomic mass is 10.1. The molecular formula is C13H24O2. The molecule has 0 aromatic heterocycles. The van der Waals surface area contributed by atoms with Crippen LogP contribution < -0.4 is 0 Å². The van der Waals surface area contributed by atoms with Crippen molar-refractivity contribution < 1.29 is 9.53 Å². The van der Waals surface area contributed by atoms with Crippen LogP contribution in [0.2, 0.25) is 0 Å². The summed E-state index contributed by atoms with van der Waals surface area (Å²) in [5, 5.41) is 0. The Bertz CT molecular complexity index is 185. The Labute approximate surface area is 93.7 Å². The van der Waals surface area contributed by atoms with E-state index in [-0.39, 0.29) is 12.1 Å². The van der Waals surface area contributed by atoms with Crippen molar-refractivity contribution in [3.8, 4) is 0 Å². The summed E-state index contributed by atoms with van der Waals surface area (Å²) in [7, 11) is 0. The zero-order valence-corrected chi connectivity index (χ0v) is 10.3. The molecule has 0 aliphatic heterocycles. The first-order valence-electron chi connectivity index (χ1n) is 6.05. The quantitative estimate of drug-likeness (QED) is 0.347. The molecule has 1 unspecified atom stereocenters. The summed E-state index contributed by atoms with van der Waals surface area (Å²) in [6.45, 7) is 5.94. The van der Waals surface area contributed by atoms with Crippen LogP contribution in [0, 0.1) is 0 Å². The van der Waals surface area contributed by atoms with Gasteiger partial charge in [0.15, 0.2) is 0 Å². The van der Waals surface area contributed by atoms with E-state index in [0.717, 1.165) is 25.7 Å². The molecule has 0 N–H and O–H groups in total. The molecular weight excluding hydrogens is 188 g/mol. The Morgan fingerprint density at radius 1 is 1.33 bits per heavy atom. The second-order valence-corrected chi connectivity index (χ2v) is 3.73. The summed E-state index contributed by atoms with van der Waals surface area (Å²) < 4.78 is 5.30. The number of carbonyl (C=O) groups excluding carboxylic acids is 1. The van der Waals surface area contributed by atoms with Crippen LogP contribution in [0.25, 0.3) is 0 Å². The molecule has 0 amide bonds. The van der Waals surface area contributed by atoms with E-state index in [1.165, 1.54) is 6.42 Å². The summed E-state index contributed by atoms with van der Waals surface area (Å²) in [4.78, 5) is 11.1. The highest BCUT2D eigenvalue weighted by molar-refractivity contribution is 5.69. The SMILES string of the molecule is C/C=C/CCCCC(CC)OC(=O)CC. The molecule has 0 fully saturated rings. The molecule has 0 aromatic rings. The fourth-order valence-corrected chi connectivity index (χ4v) is 1.42. The van der Waals surface area contributed by atoms with Crippen molar-refractivity contribution in [2.75, 3.05) is 0 Å². The van der Waals surface area contributed by atoms with E-state index in [4.69, 9.17) is 4.74 Å². The minimum absolute atomic E-state index is 0.0738. The maximum absolute atomic E-state index is 11.1. The van der Waals surface area contributed by atoms with Gasteiger partial charge >= 0.3 is 5.97 Å². The van der Waals surface area contributed by atoms with Gasteiger partial charge in [-0.2, -0.15) is 0 Å². The van der Waals surface area contributed by atoms with Crippen LogP contribution >= 0.6 is 0 Å². The van der Waals surface area contributed by atoms with E-state index >= 15 is 0 Å². The fourth-order valence-electron chi connectivity index (χ4n) is 1.42. The number of allylic oxidation sites excluding steroid dienone is 2. The number of hydrogen-bond acceptors (Lipinski definition) is 2. The smallest absolute Gasteiger partial charge is 0.305 e. The zero-order chi connectivity index (χ0) is 11.5. The Morgan fingerprint density at radius 3 is 2.60 bits per heavy atom. The first kappa shape index (κ1) is 14.2. The van der Waals surface area contributed by atoms with Gasteiger partial charge in [0, 0.05) is 6.42 Å². The second kappa shape index (κ2) is 9.75. The minimum atomic E-state index is -0.0738. The van der Waals surface area contributed by atoms with Gasteiger partial charge in [-0.15, -0.1) is 0 Å². The van der Waals surface area contributed by atoms with Gasteiger partial charge < -0.3 is 4.74 Å². The van der Waals surface area contributed by atoms with Gasteiger partial charge in [-0.25, -0.2) is 0 Å². The third-order valence-corrected chi connectivity index (χ3v) is 2.42. The number of esters is 1. The molecule has 0 radical (unpaired) electrons. The third-order valence-electron chi connectivity index (χ3n) is 2.42. The molecule has 15 heavy (non-hydrogen) atoms. The molecule has 1 atom stereocenters. The van der Waals surface area contributed by atoms with Crippen LogP contribution in [0.3, 0.4) is 0 Å². The van der Waals surface area contributed by atoms with Crippen molar-refractivity contribution in [1.29, 1.82) is 0 Å². The molecule has 0 saturated carbocycles. The Balaban J connectivity index is 3.56. The van der Waals surface area contributed by atoms with E-state index in [2.05, 4.69) is 19.1 Å². The average Bonchev–Trinajstić information content (AvgIpc) is 2.26. The van der Waals surface area contributed by atoms with Gasteiger partial charge in [-0.1, -0.05) is 26.0 Å². The first-order valence-corrected chi connectivity index (χ1v) is 6.05. The topological polar surface area (TPSA) is 26.3 Å². The lowest BCUT2D eigenvalue weighted by Gasteiger charge is -2.15. The summed E-state index contributed by atoms with van der Waals surface area (Å²) in [5.74, 6) is -0.0738. The number of unbranched alkanes of at least 4 members (excludes halogenated alkanes) is 2. The van der Waals surface area contributed by atoms with E-state index in [9.17, 15) is 4.79 Å². The van der Waals surface area contributed by atoms with Gasteiger partial charge in [-0.3, -0.25) is 4.79 Å². The molecule has 2 heteroatoms. The van der Waals surface area contributed by atoms with E-state index in [1.54, 1.807) is 0 Å². The predicted octanol–water partition coefficient (Wildman–Crippen LogP) is 3.85. The maximum atomic E-state index is 11.1. The number of rotatable bonds is 8. The normalized spacial score (nSPS) is 13.0. The highest BCUT2D eigenvalue weighted by Gasteiger charge is 2.09. The predicted molar refractivity (Wildman–Crippen MR) is 63.7 cm³/mol.